The lowest BCUT2D eigenvalue weighted by Crippen LogP contribution is -2.36. The maximum Gasteiger partial charge on any atom is 0.223 e. The Bertz CT molecular complexity index is 842. The zero-order valence-corrected chi connectivity index (χ0v) is 18.1. The van der Waals surface area contributed by atoms with Gasteiger partial charge in [-0.15, -0.1) is 10.2 Å². The van der Waals surface area contributed by atoms with Crippen LogP contribution in [-0.4, -0.2) is 51.9 Å². The molecule has 7 heteroatoms. The molecule has 1 amide bonds. The summed E-state index contributed by atoms with van der Waals surface area (Å²) in [4.78, 5) is 15.1. The Morgan fingerprint density at radius 1 is 1.13 bits per heavy atom. The summed E-state index contributed by atoms with van der Waals surface area (Å²) < 4.78 is 7.57. The summed E-state index contributed by atoms with van der Waals surface area (Å²) in [5, 5.41) is 12.0. The molecule has 0 aliphatic carbocycles. The van der Waals surface area contributed by atoms with Crippen LogP contribution >= 0.6 is 0 Å². The molecule has 7 nitrogen and oxygen atoms in total. The van der Waals surface area contributed by atoms with Crippen molar-refractivity contribution in [2.75, 3.05) is 26.3 Å². The zero-order valence-electron chi connectivity index (χ0n) is 18.1. The SMILES string of the molecule is CCc1ccc(CN2CCc3nnc([C@H](C)NC(=O)C4CCOCC4)n3CC2)cc1. The van der Waals surface area contributed by atoms with E-state index < -0.39 is 0 Å². The van der Waals surface area contributed by atoms with Crippen molar-refractivity contribution < 1.29 is 9.53 Å². The highest BCUT2D eigenvalue weighted by atomic mass is 16.5. The van der Waals surface area contributed by atoms with Crippen LogP contribution in [0.2, 0.25) is 0 Å². The standard InChI is InChI=1S/C23H33N5O2/c1-3-18-4-6-19(7-5-18)16-27-11-8-21-25-26-22(28(21)13-12-27)17(2)24-23(29)20-9-14-30-15-10-20/h4-7,17,20H,3,8-16H2,1-2H3,(H,24,29)/t17-/m0/s1. The molecule has 0 radical (unpaired) electrons. The molecule has 0 saturated carbocycles. The predicted molar refractivity (Wildman–Crippen MR) is 115 cm³/mol. The lowest BCUT2D eigenvalue weighted by Gasteiger charge is -2.23. The highest BCUT2D eigenvalue weighted by Gasteiger charge is 2.26. The highest BCUT2D eigenvalue weighted by Crippen LogP contribution is 2.20. The van der Waals surface area contributed by atoms with Gasteiger partial charge in [0, 0.05) is 51.7 Å². The van der Waals surface area contributed by atoms with Gasteiger partial charge in [0.2, 0.25) is 5.91 Å². The second kappa shape index (κ2) is 9.71. The fourth-order valence-electron chi connectivity index (χ4n) is 4.36. The molecule has 1 aromatic carbocycles. The van der Waals surface area contributed by atoms with E-state index in [-0.39, 0.29) is 17.9 Å². The van der Waals surface area contributed by atoms with Crippen molar-refractivity contribution in [2.45, 2.75) is 58.7 Å². The number of ether oxygens (including phenoxy) is 1. The van der Waals surface area contributed by atoms with Crippen molar-refractivity contribution in [1.29, 1.82) is 0 Å². The van der Waals surface area contributed by atoms with Crippen LogP contribution < -0.4 is 5.32 Å². The molecule has 162 valence electrons. The Labute approximate surface area is 178 Å². The summed E-state index contributed by atoms with van der Waals surface area (Å²) in [7, 11) is 0. The van der Waals surface area contributed by atoms with Gasteiger partial charge in [-0.05, 0) is 37.3 Å². The number of amides is 1. The molecule has 0 bridgehead atoms. The van der Waals surface area contributed by atoms with E-state index >= 15 is 0 Å². The average molecular weight is 412 g/mol. The highest BCUT2D eigenvalue weighted by molar-refractivity contribution is 5.79. The molecule has 0 spiro atoms. The van der Waals surface area contributed by atoms with Gasteiger partial charge in [-0.2, -0.15) is 0 Å². The van der Waals surface area contributed by atoms with E-state index in [1.165, 1.54) is 11.1 Å². The Hall–Kier alpha value is -2.25. The maximum atomic E-state index is 12.6. The van der Waals surface area contributed by atoms with Gasteiger partial charge in [-0.25, -0.2) is 0 Å². The van der Waals surface area contributed by atoms with Gasteiger partial charge in [-0.3, -0.25) is 9.69 Å². The molecule has 2 aromatic rings. The van der Waals surface area contributed by atoms with Gasteiger partial charge in [0.25, 0.3) is 0 Å². The summed E-state index contributed by atoms with van der Waals surface area (Å²) in [6.45, 7) is 9.25. The lowest BCUT2D eigenvalue weighted by atomic mass is 9.99. The van der Waals surface area contributed by atoms with E-state index in [1.54, 1.807) is 0 Å². The van der Waals surface area contributed by atoms with E-state index in [0.29, 0.717) is 13.2 Å². The van der Waals surface area contributed by atoms with Gasteiger partial charge in [-0.1, -0.05) is 31.2 Å². The average Bonchev–Trinajstić information content (AvgIpc) is 3.09. The fourth-order valence-corrected chi connectivity index (χ4v) is 4.36. The van der Waals surface area contributed by atoms with Crippen LogP contribution in [-0.2, 0) is 35.5 Å². The molecule has 1 N–H and O–H groups in total. The molecule has 0 unspecified atom stereocenters. The van der Waals surface area contributed by atoms with Gasteiger partial charge in [0.05, 0.1) is 6.04 Å². The maximum absolute atomic E-state index is 12.6. The molecular formula is C23H33N5O2. The van der Waals surface area contributed by atoms with Crippen molar-refractivity contribution in [2.24, 2.45) is 5.92 Å². The van der Waals surface area contributed by atoms with E-state index in [4.69, 9.17) is 4.74 Å². The Morgan fingerprint density at radius 2 is 1.87 bits per heavy atom. The first-order valence-corrected chi connectivity index (χ1v) is 11.2. The number of rotatable bonds is 6. The summed E-state index contributed by atoms with van der Waals surface area (Å²) in [6, 6.07) is 8.79. The van der Waals surface area contributed by atoms with Crippen LogP contribution in [0, 0.1) is 5.92 Å². The second-order valence-electron chi connectivity index (χ2n) is 8.44. The topological polar surface area (TPSA) is 72.3 Å². The molecule has 1 saturated heterocycles. The first-order chi connectivity index (χ1) is 14.6. The number of carbonyl (C=O) groups is 1. The third kappa shape index (κ3) is 4.90. The van der Waals surface area contributed by atoms with Crippen LogP contribution in [0.5, 0.6) is 0 Å². The summed E-state index contributed by atoms with van der Waals surface area (Å²) in [5.41, 5.74) is 2.73. The number of nitrogens with zero attached hydrogens (tertiary/aromatic N) is 4. The molecule has 30 heavy (non-hydrogen) atoms. The lowest BCUT2D eigenvalue weighted by molar-refractivity contribution is -0.128. The van der Waals surface area contributed by atoms with Crippen molar-refractivity contribution in [3.63, 3.8) is 0 Å². The third-order valence-corrected chi connectivity index (χ3v) is 6.32. The van der Waals surface area contributed by atoms with E-state index in [0.717, 1.165) is 63.5 Å². The molecule has 3 heterocycles. The Balaban J connectivity index is 1.36. The first kappa shape index (κ1) is 21.0. The van der Waals surface area contributed by atoms with E-state index in [2.05, 4.69) is 56.2 Å². The van der Waals surface area contributed by atoms with Crippen molar-refractivity contribution >= 4 is 5.91 Å². The Kier molecular flexibility index (Phi) is 6.79. The number of nitrogens with one attached hydrogen (secondary N) is 1. The van der Waals surface area contributed by atoms with Gasteiger partial charge in [0.1, 0.15) is 5.82 Å². The minimum atomic E-state index is -0.144. The molecule has 1 aromatic heterocycles. The summed E-state index contributed by atoms with van der Waals surface area (Å²) in [6.07, 6.45) is 3.54. The number of aryl methyl sites for hydroxylation is 1. The minimum Gasteiger partial charge on any atom is -0.381 e. The molecule has 2 aliphatic heterocycles. The molecule has 4 rings (SSSR count). The number of aromatic nitrogens is 3. The number of carbonyl (C=O) groups excluding carboxylic acids is 1. The summed E-state index contributed by atoms with van der Waals surface area (Å²) in [5.74, 6) is 2.02. The van der Waals surface area contributed by atoms with E-state index in [1.807, 2.05) is 6.92 Å². The molecule has 1 atom stereocenters. The number of fused-ring (bicyclic) bond motifs is 1. The first-order valence-electron chi connectivity index (χ1n) is 11.2. The smallest absolute Gasteiger partial charge is 0.223 e. The normalized spacial score (nSPS) is 19.1. The van der Waals surface area contributed by atoms with Crippen LogP contribution in [0.1, 0.15) is 55.5 Å². The fraction of sp³-hybridized carbons (Fsp3) is 0.609. The van der Waals surface area contributed by atoms with Crippen LogP contribution in [0.15, 0.2) is 24.3 Å². The second-order valence-corrected chi connectivity index (χ2v) is 8.44. The quantitative estimate of drug-likeness (QED) is 0.791. The van der Waals surface area contributed by atoms with Gasteiger partial charge >= 0.3 is 0 Å². The minimum absolute atomic E-state index is 0.0438. The monoisotopic (exact) mass is 411 g/mol. The number of hydrogen-bond donors (Lipinski definition) is 1. The molecular weight excluding hydrogens is 378 g/mol. The van der Waals surface area contributed by atoms with Crippen LogP contribution in [0.3, 0.4) is 0 Å². The number of hydrogen-bond acceptors (Lipinski definition) is 5. The van der Waals surface area contributed by atoms with Crippen molar-refractivity contribution in [3.05, 3.63) is 47.0 Å². The van der Waals surface area contributed by atoms with Crippen LogP contribution in [0.25, 0.3) is 0 Å². The molecule has 1 fully saturated rings. The largest absolute Gasteiger partial charge is 0.381 e. The predicted octanol–water partition coefficient (Wildman–Crippen LogP) is 2.50. The van der Waals surface area contributed by atoms with Crippen LogP contribution in [0.4, 0.5) is 0 Å². The van der Waals surface area contributed by atoms with Gasteiger partial charge < -0.3 is 14.6 Å². The number of benzene rings is 1. The Morgan fingerprint density at radius 3 is 2.60 bits per heavy atom. The van der Waals surface area contributed by atoms with E-state index in [9.17, 15) is 4.79 Å². The van der Waals surface area contributed by atoms with Gasteiger partial charge in [0.15, 0.2) is 5.82 Å². The van der Waals surface area contributed by atoms with Crippen molar-refractivity contribution in [3.8, 4) is 0 Å². The van der Waals surface area contributed by atoms with Crippen molar-refractivity contribution in [1.82, 2.24) is 25.0 Å². The zero-order chi connectivity index (χ0) is 20.9. The molecule has 2 aliphatic rings. The summed E-state index contributed by atoms with van der Waals surface area (Å²) >= 11 is 0. The third-order valence-electron chi connectivity index (χ3n) is 6.32.